The monoisotopic (exact) mass is 365 g/mol. The fourth-order valence-corrected chi connectivity index (χ4v) is 2.33. The molecule has 0 radical (unpaired) electrons. The number of ether oxygens (including phenoxy) is 1. The molecule has 0 aliphatic heterocycles. The van der Waals surface area contributed by atoms with Gasteiger partial charge >= 0.3 is 11.7 Å². The normalized spacial score (nSPS) is 10.6. The third kappa shape index (κ3) is 3.46. The van der Waals surface area contributed by atoms with Gasteiger partial charge in [-0.25, -0.2) is 18.5 Å². The fourth-order valence-electron chi connectivity index (χ4n) is 2.10. The SMILES string of the molecule is CC(C)OC(=O)c1cc(-n2c(=O)c(C#N)cn(C)c2=O)c(F)cc1Cl. The van der Waals surface area contributed by atoms with Crippen LogP contribution >= 0.6 is 11.6 Å². The van der Waals surface area contributed by atoms with E-state index in [0.29, 0.717) is 4.57 Å². The van der Waals surface area contributed by atoms with Crippen LogP contribution in [0.15, 0.2) is 27.9 Å². The lowest BCUT2D eigenvalue weighted by Crippen LogP contribution is -2.39. The van der Waals surface area contributed by atoms with Crippen LogP contribution in [0.25, 0.3) is 5.69 Å². The van der Waals surface area contributed by atoms with Crippen LogP contribution in [0.5, 0.6) is 0 Å². The van der Waals surface area contributed by atoms with Gasteiger partial charge in [-0.05, 0) is 26.0 Å². The Bertz CT molecular complexity index is 1020. The highest BCUT2D eigenvalue weighted by Crippen LogP contribution is 2.23. The van der Waals surface area contributed by atoms with E-state index >= 15 is 0 Å². The molecule has 2 rings (SSSR count). The Morgan fingerprint density at radius 3 is 2.56 bits per heavy atom. The number of carbonyl (C=O) groups is 1. The zero-order valence-corrected chi connectivity index (χ0v) is 14.3. The summed E-state index contributed by atoms with van der Waals surface area (Å²) in [4.78, 5) is 36.6. The molecule has 0 bridgehead atoms. The molecule has 0 fully saturated rings. The number of benzene rings is 1. The van der Waals surface area contributed by atoms with Crippen LogP contribution in [0.1, 0.15) is 29.8 Å². The molecule has 25 heavy (non-hydrogen) atoms. The Balaban J connectivity index is 2.80. The molecule has 7 nitrogen and oxygen atoms in total. The number of aromatic nitrogens is 2. The number of halogens is 2. The lowest BCUT2D eigenvalue weighted by atomic mass is 10.2. The van der Waals surface area contributed by atoms with Crippen molar-refractivity contribution in [2.24, 2.45) is 7.05 Å². The van der Waals surface area contributed by atoms with E-state index in [4.69, 9.17) is 21.6 Å². The summed E-state index contributed by atoms with van der Waals surface area (Å²) in [6, 6.07) is 3.39. The first kappa shape index (κ1) is 18.4. The molecule has 0 N–H and O–H groups in total. The van der Waals surface area contributed by atoms with Gasteiger partial charge in [0, 0.05) is 13.2 Å². The maximum Gasteiger partial charge on any atom is 0.339 e. The van der Waals surface area contributed by atoms with Gasteiger partial charge in [-0.2, -0.15) is 5.26 Å². The predicted octanol–water partition coefficient (Wildman–Crippen LogP) is 1.77. The highest BCUT2D eigenvalue weighted by molar-refractivity contribution is 6.33. The van der Waals surface area contributed by atoms with Crippen molar-refractivity contribution in [2.45, 2.75) is 20.0 Å². The molecule has 0 aliphatic rings. The summed E-state index contributed by atoms with van der Waals surface area (Å²) in [5.41, 5.74) is -2.95. The van der Waals surface area contributed by atoms with E-state index in [9.17, 15) is 18.8 Å². The van der Waals surface area contributed by atoms with Crippen molar-refractivity contribution in [2.75, 3.05) is 0 Å². The van der Waals surface area contributed by atoms with Crippen LogP contribution in [0.2, 0.25) is 5.02 Å². The van der Waals surface area contributed by atoms with Crippen molar-refractivity contribution in [3.63, 3.8) is 0 Å². The average Bonchev–Trinajstić information content (AvgIpc) is 2.52. The molecule has 130 valence electrons. The molecule has 0 spiro atoms. The molecule has 2 aromatic rings. The van der Waals surface area contributed by atoms with E-state index in [1.165, 1.54) is 7.05 Å². The highest BCUT2D eigenvalue weighted by Gasteiger charge is 2.21. The third-order valence-corrected chi connectivity index (χ3v) is 3.52. The van der Waals surface area contributed by atoms with Crippen molar-refractivity contribution in [1.29, 1.82) is 5.26 Å². The van der Waals surface area contributed by atoms with Crippen molar-refractivity contribution in [3.05, 3.63) is 61.1 Å². The Morgan fingerprint density at radius 1 is 1.36 bits per heavy atom. The number of hydrogen-bond donors (Lipinski definition) is 0. The van der Waals surface area contributed by atoms with Crippen LogP contribution in [0, 0.1) is 17.1 Å². The zero-order chi connectivity index (χ0) is 18.9. The Kier molecular flexibility index (Phi) is 5.09. The molecule has 1 aromatic carbocycles. The van der Waals surface area contributed by atoms with Crippen molar-refractivity contribution in [3.8, 4) is 11.8 Å². The maximum absolute atomic E-state index is 14.3. The first-order chi connectivity index (χ1) is 11.7. The van der Waals surface area contributed by atoms with Gasteiger partial charge in [-0.1, -0.05) is 11.6 Å². The highest BCUT2D eigenvalue weighted by atomic mass is 35.5. The lowest BCUT2D eigenvalue weighted by Gasteiger charge is -2.13. The summed E-state index contributed by atoms with van der Waals surface area (Å²) in [5, 5.41) is 8.76. The molecule has 0 saturated heterocycles. The topological polar surface area (TPSA) is 94.1 Å². The number of nitriles is 1. The van der Waals surface area contributed by atoms with Gasteiger partial charge in [0.2, 0.25) is 0 Å². The smallest absolute Gasteiger partial charge is 0.339 e. The molecular weight excluding hydrogens is 353 g/mol. The number of carbonyl (C=O) groups excluding carboxylic acids is 1. The Hall–Kier alpha value is -2.92. The van der Waals surface area contributed by atoms with Crippen LogP contribution in [-0.4, -0.2) is 21.2 Å². The number of esters is 1. The number of rotatable bonds is 3. The third-order valence-electron chi connectivity index (χ3n) is 3.21. The molecular formula is C16H13ClFN3O4. The van der Waals surface area contributed by atoms with E-state index in [0.717, 1.165) is 22.9 Å². The van der Waals surface area contributed by atoms with Crippen molar-refractivity contribution in [1.82, 2.24) is 9.13 Å². The second kappa shape index (κ2) is 6.91. The number of nitrogens with zero attached hydrogens (tertiary/aromatic N) is 3. The minimum atomic E-state index is -1.00. The van der Waals surface area contributed by atoms with Crippen molar-refractivity contribution >= 4 is 17.6 Å². The first-order valence-corrected chi connectivity index (χ1v) is 7.48. The van der Waals surface area contributed by atoms with Gasteiger partial charge in [-0.3, -0.25) is 4.79 Å². The average molecular weight is 366 g/mol. The second-order valence-corrected chi connectivity index (χ2v) is 5.83. The van der Waals surface area contributed by atoms with Crippen LogP contribution in [-0.2, 0) is 11.8 Å². The fraction of sp³-hybridized carbons (Fsp3) is 0.250. The lowest BCUT2D eigenvalue weighted by molar-refractivity contribution is 0.0378. The Labute approximate surface area is 146 Å². The summed E-state index contributed by atoms with van der Waals surface area (Å²) in [7, 11) is 1.31. The van der Waals surface area contributed by atoms with Crippen molar-refractivity contribution < 1.29 is 13.9 Å². The van der Waals surface area contributed by atoms with Gasteiger partial charge in [0.15, 0.2) is 0 Å². The van der Waals surface area contributed by atoms with Gasteiger partial charge < -0.3 is 9.30 Å². The molecule has 0 amide bonds. The van der Waals surface area contributed by atoms with Gasteiger partial charge in [0.25, 0.3) is 5.56 Å². The quantitative estimate of drug-likeness (QED) is 0.772. The van der Waals surface area contributed by atoms with E-state index < -0.39 is 34.8 Å². The minimum Gasteiger partial charge on any atom is -0.459 e. The standard InChI is InChI=1S/C16H13ClFN3O4/c1-8(2)25-15(23)10-4-13(12(18)5-11(10)17)21-14(22)9(6-19)7-20(3)16(21)24/h4-5,7-8H,1-3H3. The number of aryl methyl sites for hydroxylation is 1. The van der Waals surface area contributed by atoms with E-state index in [2.05, 4.69) is 0 Å². The van der Waals surface area contributed by atoms with Gasteiger partial charge in [0.1, 0.15) is 17.4 Å². The minimum absolute atomic E-state index is 0.205. The summed E-state index contributed by atoms with van der Waals surface area (Å²) >= 11 is 5.87. The largest absolute Gasteiger partial charge is 0.459 e. The van der Waals surface area contributed by atoms with Crippen LogP contribution in [0.3, 0.4) is 0 Å². The second-order valence-electron chi connectivity index (χ2n) is 5.43. The van der Waals surface area contributed by atoms with Gasteiger partial charge in [0.05, 0.1) is 22.4 Å². The molecule has 0 aliphatic carbocycles. The van der Waals surface area contributed by atoms with Crippen LogP contribution < -0.4 is 11.2 Å². The molecule has 1 heterocycles. The van der Waals surface area contributed by atoms with E-state index in [1.54, 1.807) is 19.9 Å². The molecule has 0 unspecified atom stereocenters. The number of hydrogen-bond acceptors (Lipinski definition) is 5. The van der Waals surface area contributed by atoms with E-state index in [1.807, 2.05) is 0 Å². The Morgan fingerprint density at radius 2 is 2.00 bits per heavy atom. The summed E-state index contributed by atoms with van der Waals surface area (Å²) in [5.74, 6) is -1.83. The first-order valence-electron chi connectivity index (χ1n) is 7.10. The molecule has 1 aromatic heterocycles. The molecule has 9 heteroatoms. The van der Waals surface area contributed by atoms with E-state index in [-0.39, 0.29) is 16.1 Å². The summed E-state index contributed by atoms with van der Waals surface area (Å²) in [6.07, 6.45) is 0.595. The molecule has 0 saturated carbocycles. The van der Waals surface area contributed by atoms with Gasteiger partial charge in [-0.15, -0.1) is 0 Å². The molecule has 0 atom stereocenters. The zero-order valence-electron chi connectivity index (χ0n) is 13.5. The maximum atomic E-state index is 14.3. The predicted molar refractivity (Wildman–Crippen MR) is 87.5 cm³/mol. The van der Waals surface area contributed by atoms with Crippen LogP contribution in [0.4, 0.5) is 4.39 Å². The summed E-state index contributed by atoms with van der Waals surface area (Å²) < 4.78 is 20.8. The summed E-state index contributed by atoms with van der Waals surface area (Å²) in [6.45, 7) is 3.24.